The van der Waals surface area contributed by atoms with Crippen molar-refractivity contribution in [2.45, 2.75) is 46.0 Å². The summed E-state index contributed by atoms with van der Waals surface area (Å²) in [7, 11) is 0. The number of ether oxygens (including phenoxy) is 1. The van der Waals surface area contributed by atoms with Crippen molar-refractivity contribution in [2.24, 2.45) is 0 Å². The van der Waals surface area contributed by atoms with Crippen molar-refractivity contribution in [2.75, 3.05) is 26.2 Å². The van der Waals surface area contributed by atoms with Crippen LogP contribution in [-0.4, -0.2) is 36.9 Å². The number of benzene rings is 1. The van der Waals surface area contributed by atoms with Gasteiger partial charge in [0.1, 0.15) is 29.5 Å². The smallest absolute Gasteiger partial charge is 0.138 e. The van der Waals surface area contributed by atoms with Crippen LogP contribution in [-0.2, 0) is 17.6 Å². The van der Waals surface area contributed by atoms with E-state index in [1.807, 2.05) is 6.07 Å². The average Bonchev–Trinajstić information content (AvgIpc) is 2.97. The normalized spacial score (nSPS) is 16.4. The second-order valence-electron chi connectivity index (χ2n) is 7.38. The third-order valence-corrected chi connectivity index (χ3v) is 5.37. The van der Waals surface area contributed by atoms with Gasteiger partial charge in [-0.05, 0) is 43.6 Å². The predicted octanol–water partition coefficient (Wildman–Crippen LogP) is 4.39. The van der Waals surface area contributed by atoms with Gasteiger partial charge in [0, 0.05) is 48.4 Å². The molecule has 0 unspecified atom stereocenters. The molecule has 0 spiro atoms. The van der Waals surface area contributed by atoms with Crippen molar-refractivity contribution >= 4 is 22.3 Å². The lowest BCUT2D eigenvalue weighted by Crippen LogP contribution is -2.28. The zero-order valence-corrected chi connectivity index (χ0v) is 15.8. The minimum Gasteiger partial charge on any atom is -0.489 e. The molecule has 1 aliphatic heterocycles. The standard InChI is InChI=1S/C22H27NO3/c1-3-8-23(9-4-2)14-15-7-10-25-21-13-22-19(12-17(15)21)18-11-16(24)5-6-20(18)26-22/h7,12-13H,3-6,8-11,14H2,1-2H3. The first-order valence-electron chi connectivity index (χ1n) is 9.84. The van der Waals surface area contributed by atoms with Crippen LogP contribution >= 0.6 is 0 Å². The molecule has 0 amide bonds. The Labute approximate surface area is 154 Å². The molecule has 1 aromatic carbocycles. The van der Waals surface area contributed by atoms with Crippen molar-refractivity contribution in [3.05, 3.63) is 35.1 Å². The number of aryl methyl sites for hydroxylation is 1. The molecule has 138 valence electrons. The number of fused-ring (bicyclic) bond motifs is 4. The molecule has 0 atom stereocenters. The van der Waals surface area contributed by atoms with Gasteiger partial charge in [0.2, 0.25) is 0 Å². The van der Waals surface area contributed by atoms with E-state index >= 15 is 0 Å². The van der Waals surface area contributed by atoms with Gasteiger partial charge in [0.15, 0.2) is 0 Å². The molecule has 1 aromatic heterocycles. The van der Waals surface area contributed by atoms with Crippen LogP contribution in [0.25, 0.3) is 16.5 Å². The molecule has 4 heteroatoms. The molecule has 4 nitrogen and oxygen atoms in total. The molecule has 0 saturated carbocycles. The number of nitrogens with zero attached hydrogens (tertiary/aromatic N) is 1. The summed E-state index contributed by atoms with van der Waals surface area (Å²) in [6.07, 6.45) is 6.33. The van der Waals surface area contributed by atoms with E-state index in [4.69, 9.17) is 9.15 Å². The number of carbonyl (C=O) groups excluding carboxylic acids is 1. The molecule has 2 aliphatic rings. The molecule has 26 heavy (non-hydrogen) atoms. The number of hydrogen-bond donors (Lipinski definition) is 0. The molecule has 0 N–H and O–H groups in total. The highest BCUT2D eigenvalue weighted by Crippen LogP contribution is 2.39. The Morgan fingerprint density at radius 3 is 2.69 bits per heavy atom. The van der Waals surface area contributed by atoms with Crippen LogP contribution in [0.3, 0.4) is 0 Å². The Morgan fingerprint density at radius 2 is 1.92 bits per heavy atom. The summed E-state index contributed by atoms with van der Waals surface area (Å²) in [6.45, 7) is 8.24. The van der Waals surface area contributed by atoms with Crippen LogP contribution in [0.2, 0.25) is 0 Å². The van der Waals surface area contributed by atoms with E-state index in [-0.39, 0.29) is 0 Å². The molecule has 0 fully saturated rings. The predicted molar refractivity (Wildman–Crippen MR) is 104 cm³/mol. The first-order valence-corrected chi connectivity index (χ1v) is 9.84. The Hall–Kier alpha value is -2.07. The van der Waals surface area contributed by atoms with Crippen molar-refractivity contribution in [3.63, 3.8) is 0 Å². The number of carbonyl (C=O) groups is 1. The fraction of sp³-hybridized carbons (Fsp3) is 0.500. The van der Waals surface area contributed by atoms with Gasteiger partial charge in [-0.15, -0.1) is 0 Å². The molecule has 2 heterocycles. The zero-order valence-electron chi connectivity index (χ0n) is 15.8. The van der Waals surface area contributed by atoms with Crippen LogP contribution < -0.4 is 4.74 Å². The van der Waals surface area contributed by atoms with Gasteiger partial charge < -0.3 is 9.15 Å². The lowest BCUT2D eigenvalue weighted by molar-refractivity contribution is -0.118. The van der Waals surface area contributed by atoms with E-state index < -0.39 is 0 Å². The maximum Gasteiger partial charge on any atom is 0.138 e. The summed E-state index contributed by atoms with van der Waals surface area (Å²) in [5, 5.41) is 1.08. The van der Waals surface area contributed by atoms with Crippen LogP contribution in [0.5, 0.6) is 5.75 Å². The van der Waals surface area contributed by atoms with E-state index in [0.29, 0.717) is 25.2 Å². The van der Waals surface area contributed by atoms with E-state index in [2.05, 4.69) is 30.9 Å². The quantitative estimate of drug-likeness (QED) is 0.772. The topological polar surface area (TPSA) is 42.7 Å². The van der Waals surface area contributed by atoms with Gasteiger partial charge in [0.25, 0.3) is 0 Å². The summed E-state index contributed by atoms with van der Waals surface area (Å²) in [5.41, 5.74) is 4.42. The Morgan fingerprint density at radius 1 is 1.12 bits per heavy atom. The van der Waals surface area contributed by atoms with Crippen LogP contribution in [0, 0.1) is 0 Å². The first kappa shape index (κ1) is 17.3. The Bertz CT molecular complexity index is 856. The second kappa shape index (κ2) is 7.28. The largest absolute Gasteiger partial charge is 0.489 e. The molecular weight excluding hydrogens is 326 g/mol. The summed E-state index contributed by atoms with van der Waals surface area (Å²) in [5.74, 6) is 2.19. The minimum atomic E-state index is 0.307. The summed E-state index contributed by atoms with van der Waals surface area (Å²) in [6, 6.07) is 4.21. The van der Waals surface area contributed by atoms with Gasteiger partial charge >= 0.3 is 0 Å². The van der Waals surface area contributed by atoms with E-state index in [0.717, 1.165) is 72.5 Å². The maximum atomic E-state index is 11.9. The van der Waals surface area contributed by atoms with Crippen molar-refractivity contribution < 1.29 is 13.9 Å². The number of ketones is 1. The number of rotatable bonds is 6. The molecule has 0 saturated heterocycles. The Kier molecular flexibility index (Phi) is 4.86. The van der Waals surface area contributed by atoms with Crippen LogP contribution in [0.4, 0.5) is 0 Å². The van der Waals surface area contributed by atoms with Crippen molar-refractivity contribution in [1.82, 2.24) is 4.90 Å². The summed E-state index contributed by atoms with van der Waals surface area (Å²) in [4.78, 5) is 14.4. The van der Waals surface area contributed by atoms with Gasteiger partial charge in [-0.1, -0.05) is 13.8 Å². The highest BCUT2D eigenvalue weighted by Gasteiger charge is 2.25. The van der Waals surface area contributed by atoms with Crippen LogP contribution in [0.1, 0.15) is 50.0 Å². The number of furan rings is 1. The van der Waals surface area contributed by atoms with E-state index in [1.54, 1.807) is 0 Å². The lowest BCUT2D eigenvalue weighted by Gasteiger charge is -2.26. The number of hydrogen-bond acceptors (Lipinski definition) is 4. The first-order chi connectivity index (χ1) is 12.7. The molecule has 1 aliphatic carbocycles. The van der Waals surface area contributed by atoms with Gasteiger partial charge in [-0.3, -0.25) is 9.69 Å². The molecule has 0 radical (unpaired) electrons. The fourth-order valence-corrected chi connectivity index (χ4v) is 4.17. The van der Waals surface area contributed by atoms with Crippen molar-refractivity contribution in [1.29, 1.82) is 0 Å². The van der Waals surface area contributed by atoms with E-state index in [9.17, 15) is 4.79 Å². The SMILES string of the molecule is CCCN(CCC)CC1=CCOc2cc3oc4c(c3cc21)CC(=O)CC4. The zero-order chi connectivity index (χ0) is 18.1. The highest BCUT2D eigenvalue weighted by atomic mass is 16.5. The third-order valence-electron chi connectivity index (χ3n) is 5.37. The lowest BCUT2D eigenvalue weighted by atomic mass is 9.92. The fourth-order valence-electron chi connectivity index (χ4n) is 4.17. The molecule has 4 rings (SSSR count). The van der Waals surface area contributed by atoms with E-state index in [1.165, 1.54) is 5.57 Å². The highest BCUT2D eigenvalue weighted by molar-refractivity contribution is 5.94. The molecular formula is C22H27NO3. The van der Waals surface area contributed by atoms with Crippen molar-refractivity contribution in [3.8, 4) is 5.75 Å². The monoisotopic (exact) mass is 353 g/mol. The van der Waals surface area contributed by atoms with Crippen LogP contribution in [0.15, 0.2) is 22.6 Å². The summed E-state index contributed by atoms with van der Waals surface area (Å²) < 4.78 is 11.9. The number of Topliss-reactive ketones (excluding diaryl/α,β-unsaturated/α-hetero) is 1. The third kappa shape index (κ3) is 3.18. The van der Waals surface area contributed by atoms with Gasteiger partial charge in [0.05, 0.1) is 0 Å². The summed E-state index contributed by atoms with van der Waals surface area (Å²) >= 11 is 0. The Balaban J connectivity index is 1.71. The molecule has 2 aromatic rings. The molecule has 0 bridgehead atoms. The average molecular weight is 353 g/mol. The maximum absolute atomic E-state index is 11.9. The van der Waals surface area contributed by atoms with Gasteiger partial charge in [-0.25, -0.2) is 0 Å². The second-order valence-corrected chi connectivity index (χ2v) is 7.38. The van der Waals surface area contributed by atoms with Gasteiger partial charge in [-0.2, -0.15) is 0 Å². The minimum absolute atomic E-state index is 0.307.